The Hall–Kier alpha value is -0.0800. The van der Waals surface area contributed by atoms with Gasteiger partial charge in [-0.2, -0.15) is 0 Å². The summed E-state index contributed by atoms with van der Waals surface area (Å²) in [4.78, 5) is 0. The monoisotopic (exact) mass is 183 g/mol. The lowest BCUT2D eigenvalue weighted by Crippen LogP contribution is -2.54. The summed E-state index contributed by atoms with van der Waals surface area (Å²) in [5.41, 5.74) is 0.601. The first kappa shape index (κ1) is 9.47. The van der Waals surface area contributed by atoms with Gasteiger partial charge < -0.3 is 10.1 Å². The lowest BCUT2D eigenvalue weighted by Gasteiger charge is -2.44. The van der Waals surface area contributed by atoms with Crippen molar-refractivity contribution in [2.24, 2.45) is 5.41 Å². The molecule has 13 heavy (non-hydrogen) atoms. The van der Waals surface area contributed by atoms with E-state index < -0.39 is 0 Å². The van der Waals surface area contributed by atoms with Crippen molar-refractivity contribution in [3.05, 3.63) is 0 Å². The number of hydrogen-bond acceptors (Lipinski definition) is 2. The van der Waals surface area contributed by atoms with Crippen LogP contribution in [0.15, 0.2) is 0 Å². The van der Waals surface area contributed by atoms with E-state index in [9.17, 15) is 0 Å². The molecular weight excluding hydrogens is 162 g/mol. The Bertz CT molecular complexity index is 159. The number of hydrogen-bond donors (Lipinski definition) is 1. The van der Waals surface area contributed by atoms with Crippen molar-refractivity contribution in [1.29, 1.82) is 0 Å². The van der Waals surface area contributed by atoms with Gasteiger partial charge in [0.05, 0.1) is 6.10 Å². The molecular formula is C11H21NO. The van der Waals surface area contributed by atoms with E-state index in [0.29, 0.717) is 11.5 Å². The van der Waals surface area contributed by atoms with Crippen LogP contribution in [0.4, 0.5) is 0 Å². The van der Waals surface area contributed by atoms with Gasteiger partial charge in [-0.3, -0.25) is 0 Å². The molecule has 2 aliphatic heterocycles. The number of ether oxygens (including phenoxy) is 1. The van der Waals surface area contributed by atoms with Gasteiger partial charge in [0.25, 0.3) is 0 Å². The van der Waals surface area contributed by atoms with E-state index in [1.54, 1.807) is 0 Å². The van der Waals surface area contributed by atoms with Crippen LogP contribution < -0.4 is 5.32 Å². The Balaban J connectivity index is 1.82. The van der Waals surface area contributed by atoms with Crippen molar-refractivity contribution in [1.82, 2.24) is 5.32 Å². The molecule has 0 bridgehead atoms. The highest BCUT2D eigenvalue weighted by molar-refractivity contribution is 4.94. The summed E-state index contributed by atoms with van der Waals surface area (Å²) in [6.07, 6.45) is 7.14. The van der Waals surface area contributed by atoms with Gasteiger partial charge in [-0.05, 0) is 31.1 Å². The maximum absolute atomic E-state index is 5.70. The van der Waals surface area contributed by atoms with Crippen molar-refractivity contribution in [3.8, 4) is 0 Å². The Morgan fingerprint density at radius 1 is 1.46 bits per heavy atom. The largest absolute Gasteiger partial charge is 0.378 e. The van der Waals surface area contributed by atoms with E-state index in [4.69, 9.17) is 4.74 Å². The molecule has 2 nitrogen and oxygen atoms in total. The SMILES string of the molecule is CCCC1(CC2CCCO2)CNC1. The van der Waals surface area contributed by atoms with Crippen LogP contribution in [-0.2, 0) is 4.74 Å². The fraction of sp³-hybridized carbons (Fsp3) is 1.00. The quantitative estimate of drug-likeness (QED) is 0.719. The summed E-state index contributed by atoms with van der Waals surface area (Å²) in [5.74, 6) is 0. The molecule has 2 heterocycles. The highest BCUT2D eigenvalue weighted by atomic mass is 16.5. The smallest absolute Gasteiger partial charge is 0.0582 e. The molecule has 1 atom stereocenters. The van der Waals surface area contributed by atoms with Crippen LogP contribution >= 0.6 is 0 Å². The van der Waals surface area contributed by atoms with Crippen LogP contribution in [0.3, 0.4) is 0 Å². The van der Waals surface area contributed by atoms with Crippen LogP contribution in [0.25, 0.3) is 0 Å². The summed E-state index contributed by atoms with van der Waals surface area (Å²) in [6.45, 7) is 5.73. The number of rotatable bonds is 4. The molecule has 0 aromatic heterocycles. The average Bonchev–Trinajstić information content (AvgIpc) is 2.53. The van der Waals surface area contributed by atoms with Crippen molar-refractivity contribution < 1.29 is 4.74 Å². The van der Waals surface area contributed by atoms with Crippen LogP contribution in [0.2, 0.25) is 0 Å². The third-order valence-electron chi connectivity index (χ3n) is 3.47. The highest BCUT2D eigenvalue weighted by Gasteiger charge is 2.38. The standard InChI is InChI=1S/C11H21NO/c1-2-5-11(8-12-9-11)7-10-4-3-6-13-10/h10,12H,2-9H2,1H3. The second-order valence-electron chi connectivity index (χ2n) is 4.69. The molecule has 0 aliphatic carbocycles. The van der Waals surface area contributed by atoms with Crippen LogP contribution in [0.5, 0.6) is 0 Å². The Morgan fingerprint density at radius 3 is 2.77 bits per heavy atom. The van der Waals surface area contributed by atoms with E-state index in [-0.39, 0.29) is 0 Å². The molecule has 0 amide bonds. The van der Waals surface area contributed by atoms with Gasteiger partial charge >= 0.3 is 0 Å². The molecule has 2 saturated heterocycles. The van der Waals surface area contributed by atoms with Crippen molar-refractivity contribution >= 4 is 0 Å². The summed E-state index contributed by atoms with van der Waals surface area (Å²) < 4.78 is 5.70. The molecule has 0 radical (unpaired) electrons. The second-order valence-corrected chi connectivity index (χ2v) is 4.69. The molecule has 1 unspecified atom stereocenters. The summed E-state index contributed by atoms with van der Waals surface area (Å²) in [5, 5.41) is 3.41. The maximum atomic E-state index is 5.70. The molecule has 2 aliphatic rings. The van der Waals surface area contributed by atoms with Crippen LogP contribution in [0.1, 0.15) is 39.0 Å². The molecule has 0 aromatic carbocycles. The summed E-state index contributed by atoms with van der Waals surface area (Å²) in [7, 11) is 0. The van der Waals surface area contributed by atoms with Crippen LogP contribution in [-0.4, -0.2) is 25.8 Å². The summed E-state index contributed by atoms with van der Waals surface area (Å²) >= 11 is 0. The normalized spacial score (nSPS) is 31.6. The van der Waals surface area contributed by atoms with Gasteiger partial charge in [0.2, 0.25) is 0 Å². The van der Waals surface area contributed by atoms with Gasteiger partial charge in [-0.1, -0.05) is 13.3 Å². The molecule has 1 N–H and O–H groups in total. The predicted molar refractivity (Wildman–Crippen MR) is 53.8 cm³/mol. The van der Waals surface area contributed by atoms with Gasteiger partial charge in [-0.15, -0.1) is 0 Å². The zero-order valence-electron chi connectivity index (χ0n) is 8.64. The van der Waals surface area contributed by atoms with Crippen molar-refractivity contribution in [2.75, 3.05) is 19.7 Å². The first-order valence-electron chi connectivity index (χ1n) is 5.67. The molecule has 0 spiro atoms. The lowest BCUT2D eigenvalue weighted by atomic mass is 9.73. The third-order valence-corrected chi connectivity index (χ3v) is 3.47. The first-order valence-corrected chi connectivity index (χ1v) is 5.67. The van der Waals surface area contributed by atoms with Crippen molar-refractivity contribution in [3.63, 3.8) is 0 Å². The first-order chi connectivity index (χ1) is 6.35. The zero-order valence-corrected chi connectivity index (χ0v) is 8.64. The topological polar surface area (TPSA) is 21.3 Å². The minimum Gasteiger partial charge on any atom is -0.378 e. The van der Waals surface area contributed by atoms with Gasteiger partial charge in [0.1, 0.15) is 0 Å². The molecule has 0 saturated carbocycles. The molecule has 2 rings (SSSR count). The fourth-order valence-corrected chi connectivity index (χ4v) is 2.72. The Labute approximate surface area is 81.0 Å². The van der Waals surface area contributed by atoms with Gasteiger partial charge in [0.15, 0.2) is 0 Å². The minimum atomic E-state index is 0.577. The lowest BCUT2D eigenvalue weighted by molar-refractivity contribution is 0.0306. The third kappa shape index (κ3) is 2.05. The van der Waals surface area contributed by atoms with Crippen LogP contribution in [0, 0.1) is 5.41 Å². The van der Waals surface area contributed by atoms with E-state index in [2.05, 4.69) is 12.2 Å². The van der Waals surface area contributed by atoms with Gasteiger partial charge in [-0.25, -0.2) is 0 Å². The Kier molecular flexibility index (Phi) is 2.89. The summed E-state index contributed by atoms with van der Waals surface area (Å²) in [6, 6.07) is 0. The molecule has 76 valence electrons. The van der Waals surface area contributed by atoms with Gasteiger partial charge in [0, 0.05) is 19.7 Å². The highest BCUT2D eigenvalue weighted by Crippen LogP contribution is 2.36. The van der Waals surface area contributed by atoms with E-state index >= 15 is 0 Å². The zero-order chi connectivity index (χ0) is 9.15. The average molecular weight is 183 g/mol. The molecule has 2 fully saturated rings. The minimum absolute atomic E-state index is 0.577. The molecule has 2 heteroatoms. The predicted octanol–water partition coefficient (Wildman–Crippen LogP) is 1.95. The maximum Gasteiger partial charge on any atom is 0.0582 e. The van der Waals surface area contributed by atoms with E-state index in [1.165, 1.54) is 45.2 Å². The Morgan fingerprint density at radius 2 is 2.31 bits per heavy atom. The number of nitrogens with one attached hydrogen (secondary N) is 1. The van der Waals surface area contributed by atoms with Crippen molar-refractivity contribution in [2.45, 2.75) is 45.1 Å². The second kappa shape index (κ2) is 3.97. The fourth-order valence-electron chi connectivity index (χ4n) is 2.72. The van der Waals surface area contributed by atoms with E-state index in [0.717, 1.165) is 6.61 Å². The van der Waals surface area contributed by atoms with E-state index in [1.807, 2.05) is 0 Å². The molecule has 0 aromatic rings.